The zero-order valence-corrected chi connectivity index (χ0v) is 18.2. The average molecular weight is 422 g/mol. The van der Waals surface area contributed by atoms with Crippen LogP contribution in [0.1, 0.15) is 38.7 Å². The molecule has 0 bridgehead atoms. The lowest BCUT2D eigenvalue weighted by Gasteiger charge is -2.38. The van der Waals surface area contributed by atoms with Gasteiger partial charge in [0.25, 0.3) is 0 Å². The fourth-order valence-electron chi connectivity index (χ4n) is 4.11. The zero-order valence-electron chi connectivity index (χ0n) is 17.3. The molecule has 0 atom stereocenters. The number of carbonyl (C=O) groups excluding carboxylic acids is 2. The molecule has 0 radical (unpaired) electrons. The van der Waals surface area contributed by atoms with Crippen molar-refractivity contribution in [3.63, 3.8) is 0 Å². The molecule has 2 amide bonds. The highest BCUT2D eigenvalue weighted by molar-refractivity contribution is 7.89. The summed E-state index contributed by atoms with van der Waals surface area (Å²) >= 11 is 0. The number of hydrogen-bond acceptors (Lipinski definition) is 4. The molecule has 2 aliphatic rings. The van der Waals surface area contributed by atoms with Crippen LogP contribution in [0.2, 0.25) is 0 Å². The maximum Gasteiger partial charge on any atom is 0.243 e. The lowest BCUT2D eigenvalue weighted by Crippen LogP contribution is -2.53. The number of benzene rings is 1. The molecular weight excluding hydrogens is 390 g/mol. The first kappa shape index (κ1) is 21.8. The van der Waals surface area contributed by atoms with Gasteiger partial charge < -0.3 is 9.80 Å². The Hall–Kier alpha value is -1.93. The Morgan fingerprint density at radius 3 is 2.03 bits per heavy atom. The van der Waals surface area contributed by atoms with E-state index in [2.05, 4.69) is 6.92 Å². The van der Waals surface area contributed by atoms with Gasteiger partial charge in [-0.15, -0.1) is 0 Å². The Balaban J connectivity index is 1.55. The smallest absolute Gasteiger partial charge is 0.243 e. The summed E-state index contributed by atoms with van der Waals surface area (Å²) in [6.45, 7) is 6.35. The number of amides is 2. The molecule has 1 aromatic rings. The zero-order chi connectivity index (χ0) is 21.0. The molecule has 160 valence electrons. The number of nitrogens with zero attached hydrogens (tertiary/aromatic N) is 3. The van der Waals surface area contributed by atoms with Crippen molar-refractivity contribution in [3.05, 3.63) is 29.8 Å². The second kappa shape index (κ2) is 9.26. The highest BCUT2D eigenvalue weighted by atomic mass is 32.2. The molecule has 29 heavy (non-hydrogen) atoms. The summed E-state index contributed by atoms with van der Waals surface area (Å²) in [6, 6.07) is 7.12. The van der Waals surface area contributed by atoms with E-state index in [-0.39, 0.29) is 17.7 Å². The van der Waals surface area contributed by atoms with E-state index in [1.807, 2.05) is 12.1 Å². The molecule has 7 nitrogen and oxygen atoms in total. The summed E-state index contributed by atoms with van der Waals surface area (Å²) in [5.41, 5.74) is 1.14. The van der Waals surface area contributed by atoms with Crippen molar-refractivity contribution in [2.24, 2.45) is 5.92 Å². The van der Waals surface area contributed by atoms with Crippen LogP contribution >= 0.6 is 0 Å². The SMILES string of the molecule is CCCc1ccc(S(=O)(=O)N2CCN(C(=O)C3CCN(C(C)=O)CC3)CC2)cc1. The minimum atomic E-state index is -3.53. The van der Waals surface area contributed by atoms with Gasteiger partial charge in [0.2, 0.25) is 21.8 Å². The van der Waals surface area contributed by atoms with Crippen molar-refractivity contribution in [1.29, 1.82) is 0 Å². The second-order valence-corrected chi connectivity index (χ2v) is 9.84. The van der Waals surface area contributed by atoms with Crippen molar-refractivity contribution in [3.8, 4) is 0 Å². The fraction of sp³-hybridized carbons (Fsp3) is 0.619. The standard InChI is InChI=1S/C21H31N3O4S/c1-3-4-18-5-7-20(8-6-18)29(27,28)24-15-13-23(14-16-24)21(26)19-9-11-22(12-10-19)17(2)25/h5-8,19H,3-4,9-16H2,1-2H3. The Labute approximate surface area is 173 Å². The van der Waals surface area contributed by atoms with Gasteiger partial charge in [-0.25, -0.2) is 8.42 Å². The third-order valence-electron chi connectivity index (χ3n) is 5.94. The number of piperazine rings is 1. The summed E-state index contributed by atoms with van der Waals surface area (Å²) in [5, 5.41) is 0. The summed E-state index contributed by atoms with van der Waals surface area (Å²) < 4.78 is 27.3. The summed E-state index contributed by atoms with van der Waals surface area (Å²) in [6.07, 6.45) is 3.32. The van der Waals surface area contributed by atoms with Gasteiger partial charge in [-0.3, -0.25) is 9.59 Å². The lowest BCUT2D eigenvalue weighted by molar-refractivity contribution is -0.141. The molecule has 0 aromatic heterocycles. The molecule has 0 unspecified atom stereocenters. The highest BCUT2D eigenvalue weighted by Crippen LogP contribution is 2.23. The third kappa shape index (κ3) is 4.98. The molecule has 1 aromatic carbocycles. The third-order valence-corrected chi connectivity index (χ3v) is 7.85. The van der Waals surface area contributed by atoms with Gasteiger partial charge in [-0.05, 0) is 37.0 Å². The van der Waals surface area contributed by atoms with E-state index in [0.29, 0.717) is 57.0 Å². The topological polar surface area (TPSA) is 78.0 Å². The second-order valence-electron chi connectivity index (χ2n) is 7.90. The van der Waals surface area contributed by atoms with E-state index in [1.54, 1.807) is 28.9 Å². The van der Waals surface area contributed by atoms with Gasteiger partial charge in [0.1, 0.15) is 0 Å². The van der Waals surface area contributed by atoms with Crippen LogP contribution in [0.25, 0.3) is 0 Å². The highest BCUT2D eigenvalue weighted by Gasteiger charge is 2.34. The van der Waals surface area contributed by atoms with Gasteiger partial charge in [0, 0.05) is 52.1 Å². The molecule has 0 spiro atoms. The molecule has 8 heteroatoms. The molecule has 2 saturated heterocycles. The molecule has 2 fully saturated rings. The van der Waals surface area contributed by atoms with Gasteiger partial charge in [-0.2, -0.15) is 4.31 Å². The van der Waals surface area contributed by atoms with Gasteiger partial charge in [-0.1, -0.05) is 25.5 Å². The monoisotopic (exact) mass is 421 g/mol. The van der Waals surface area contributed by atoms with E-state index in [9.17, 15) is 18.0 Å². The van der Waals surface area contributed by atoms with Crippen LogP contribution in [0.15, 0.2) is 29.2 Å². The summed E-state index contributed by atoms with van der Waals surface area (Å²) in [7, 11) is -3.53. The van der Waals surface area contributed by atoms with Crippen LogP contribution in [0.5, 0.6) is 0 Å². The first-order valence-electron chi connectivity index (χ1n) is 10.5. The minimum Gasteiger partial charge on any atom is -0.343 e. The van der Waals surface area contributed by atoms with E-state index in [0.717, 1.165) is 18.4 Å². The van der Waals surface area contributed by atoms with Crippen LogP contribution in [-0.2, 0) is 26.0 Å². The van der Waals surface area contributed by atoms with Crippen molar-refractivity contribution < 1.29 is 18.0 Å². The molecule has 0 N–H and O–H groups in total. The van der Waals surface area contributed by atoms with Crippen LogP contribution in [0.4, 0.5) is 0 Å². The molecule has 0 saturated carbocycles. The Bertz CT molecular complexity index is 822. The van der Waals surface area contributed by atoms with Crippen LogP contribution < -0.4 is 0 Å². The van der Waals surface area contributed by atoms with Gasteiger partial charge >= 0.3 is 0 Å². The summed E-state index contributed by atoms with van der Waals surface area (Å²) in [5.74, 6) is 0.0754. The number of aryl methyl sites for hydroxylation is 1. The van der Waals surface area contributed by atoms with E-state index in [4.69, 9.17) is 0 Å². The van der Waals surface area contributed by atoms with Crippen molar-refractivity contribution in [2.75, 3.05) is 39.3 Å². The maximum atomic E-state index is 12.9. The predicted octanol–water partition coefficient (Wildman–Crippen LogP) is 1.73. The molecule has 3 rings (SSSR count). The predicted molar refractivity (Wildman–Crippen MR) is 111 cm³/mol. The average Bonchev–Trinajstić information content (AvgIpc) is 2.74. The molecule has 0 aliphatic carbocycles. The Morgan fingerprint density at radius 2 is 1.52 bits per heavy atom. The minimum absolute atomic E-state index is 0.0532. The van der Waals surface area contributed by atoms with Crippen molar-refractivity contribution >= 4 is 21.8 Å². The van der Waals surface area contributed by atoms with Crippen LogP contribution in [0, 0.1) is 5.92 Å². The normalized spacial score (nSPS) is 19.4. The van der Waals surface area contributed by atoms with Crippen LogP contribution in [0.3, 0.4) is 0 Å². The molecule has 2 aliphatic heterocycles. The fourth-order valence-corrected chi connectivity index (χ4v) is 5.54. The molecular formula is C21H31N3O4S. The van der Waals surface area contributed by atoms with E-state index < -0.39 is 10.0 Å². The van der Waals surface area contributed by atoms with Crippen molar-refractivity contribution in [1.82, 2.24) is 14.1 Å². The largest absolute Gasteiger partial charge is 0.343 e. The molecule has 2 heterocycles. The number of piperidine rings is 1. The first-order chi connectivity index (χ1) is 13.8. The van der Waals surface area contributed by atoms with Gasteiger partial charge in [0.15, 0.2) is 0 Å². The first-order valence-corrected chi connectivity index (χ1v) is 11.9. The van der Waals surface area contributed by atoms with Gasteiger partial charge in [0.05, 0.1) is 4.90 Å². The lowest BCUT2D eigenvalue weighted by atomic mass is 9.95. The van der Waals surface area contributed by atoms with E-state index in [1.165, 1.54) is 4.31 Å². The van der Waals surface area contributed by atoms with Crippen LogP contribution in [-0.4, -0.2) is 73.6 Å². The number of rotatable bonds is 5. The number of carbonyl (C=O) groups is 2. The maximum absolute atomic E-state index is 12.9. The Morgan fingerprint density at radius 1 is 0.931 bits per heavy atom. The van der Waals surface area contributed by atoms with E-state index >= 15 is 0 Å². The quantitative estimate of drug-likeness (QED) is 0.725. The van der Waals surface area contributed by atoms with Crippen molar-refractivity contribution in [2.45, 2.75) is 44.4 Å². The summed E-state index contributed by atoms with van der Waals surface area (Å²) in [4.78, 5) is 28.1. The Kier molecular flexibility index (Phi) is 6.95. The number of sulfonamides is 1. The number of hydrogen-bond donors (Lipinski definition) is 0. The number of likely N-dealkylation sites (tertiary alicyclic amines) is 1.